The highest BCUT2D eigenvalue weighted by Crippen LogP contribution is 2.27. The first-order chi connectivity index (χ1) is 9.16. The Balaban J connectivity index is 3.30. The molecule has 0 saturated heterocycles. The third-order valence-electron chi connectivity index (χ3n) is 2.95. The Morgan fingerprint density at radius 2 is 1.70 bits per heavy atom. The van der Waals surface area contributed by atoms with Gasteiger partial charge in [0.2, 0.25) is 15.9 Å². The number of rotatable bonds is 5. The van der Waals surface area contributed by atoms with E-state index in [4.69, 9.17) is 0 Å². The van der Waals surface area contributed by atoms with Gasteiger partial charge in [-0.15, -0.1) is 0 Å². The van der Waals surface area contributed by atoms with Crippen molar-refractivity contribution in [2.24, 2.45) is 0 Å². The van der Waals surface area contributed by atoms with Gasteiger partial charge >= 0.3 is 0 Å². The lowest BCUT2D eigenvalue weighted by Gasteiger charge is -2.25. The van der Waals surface area contributed by atoms with Crippen LogP contribution in [-0.2, 0) is 14.8 Å². The molecule has 1 aromatic carbocycles. The number of anilines is 1. The lowest BCUT2D eigenvalue weighted by molar-refractivity contribution is -0.119. The molecule has 0 atom stereocenters. The van der Waals surface area contributed by atoms with Crippen molar-refractivity contribution in [3.63, 3.8) is 0 Å². The summed E-state index contributed by atoms with van der Waals surface area (Å²) < 4.78 is 25.2. The number of hydrogen-bond donors (Lipinski definition) is 1. The molecular weight excluding hydrogens is 276 g/mol. The van der Waals surface area contributed by atoms with E-state index in [9.17, 15) is 13.2 Å². The Kier molecular flexibility index (Phi) is 5.16. The molecule has 0 bridgehead atoms. The van der Waals surface area contributed by atoms with Gasteiger partial charge in [-0.25, -0.2) is 8.42 Å². The fraction of sp³-hybridized carbons (Fsp3) is 0.500. The molecule has 0 radical (unpaired) electrons. The van der Waals surface area contributed by atoms with Gasteiger partial charge in [0.15, 0.2) is 0 Å². The van der Waals surface area contributed by atoms with Crippen LogP contribution >= 0.6 is 0 Å². The van der Waals surface area contributed by atoms with Crippen molar-refractivity contribution in [1.29, 1.82) is 0 Å². The SMILES string of the molecule is CCNC(=O)CN(c1c(C)cc(C)cc1C)S(C)(=O)=O. The number of benzene rings is 1. The molecule has 0 spiro atoms. The van der Waals surface area contributed by atoms with Crippen molar-refractivity contribution in [2.75, 3.05) is 23.7 Å². The predicted molar refractivity (Wildman–Crippen MR) is 81.5 cm³/mol. The molecule has 0 heterocycles. The van der Waals surface area contributed by atoms with Crippen LogP contribution in [0, 0.1) is 20.8 Å². The third-order valence-corrected chi connectivity index (χ3v) is 4.06. The standard InChI is InChI=1S/C14H22N2O3S/c1-6-15-13(17)9-16(20(5,18)19)14-11(3)7-10(2)8-12(14)4/h7-8H,6,9H2,1-5H3,(H,15,17). The van der Waals surface area contributed by atoms with E-state index in [1.807, 2.05) is 32.9 Å². The number of hydrogen-bond acceptors (Lipinski definition) is 3. The first-order valence-electron chi connectivity index (χ1n) is 6.49. The van der Waals surface area contributed by atoms with E-state index in [-0.39, 0.29) is 12.5 Å². The van der Waals surface area contributed by atoms with Gasteiger partial charge in [-0.05, 0) is 38.8 Å². The number of amides is 1. The first-order valence-corrected chi connectivity index (χ1v) is 8.34. The van der Waals surface area contributed by atoms with Crippen LogP contribution < -0.4 is 9.62 Å². The van der Waals surface area contributed by atoms with Crippen molar-refractivity contribution in [3.8, 4) is 0 Å². The molecule has 5 nitrogen and oxygen atoms in total. The Morgan fingerprint density at radius 1 is 1.20 bits per heavy atom. The van der Waals surface area contributed by atoms with Gasteiger partial charge in [0.25, 0.3) is 0 Å². The molecule has 1 N–H and O–H groups in total. The van der Waals surface area contributed by atoms with E-state index in [1.54, 1.807) is 6.92 Å². The summed E-state index contributed by atoms with van der Waals surface area (Å²) in [7, 11) is -3.52. The molecule has 1 aromatic rings. The summed E-state index contributed by atoms with van der Waals surface area (Å²) in [5, 5.41) is 2.62. The maximum absolute atomic E-state index is 12.0. The van der Waals surface area contributed by atoms with Crippen LogP contribution in [-0.4, -0.2) is 33.7 Å². The molecule has 0 aliphatic rings. The van der Waals surface area contributed by atoms with Crippen molar-refractivity contribution in [2.45, 2.75) is 27.7 Å². The quantitative estimate of drug-likeness (QED) is 0.896. The Bertz CT molecular complexity index is 586. The zero-order chi connectivity index (χ0) is 15.5. The number of aryl methyl sites for hydroxylation is 3. The van der Waals surface area contributed by atoms with Crippen LogP contribution in [0.3, 0.4) is 0 Å². The molecule has 0 aliphatic heterocycles. The normalized spacial score (nSPS) is 11.2. The van der Waals surface area contributed by atoms with Crippen LogP contribution in [0.2, 0.25) is 0 Å². The maximum Gasteiger partial charge on any atom is 0.240 e. The van der Waals surface area contributed by atoms with Gasteiger partial charge in [-0.1, -0.05) is 17.7 Å². The van der Waals surface area contributed by atoms with Crippen LogP contribution in [0.15, 0.2) is 12.1 Å². The molecule has 1 rings (SSSR count). The molecule has 0 saturated carbocycles. The summed E-state index contributed by atoms with van der Waals surface area (Å²) in [5.74, 6) is -0.308. The van der Waals surface area contributed by atoms with E-state index in [0.29, 0.717) is 12.2 Å². The second kappa shape index (κ2) is 6.26. The fourth-order valence-corrected chi connectivity index (χ4v) is 3.28. The van der Waals surface area contributed by atoms with E-state index >= 15 is 0 Å². The first kappa shape index (κ1) is 16.5. The lowest BCUT2D eigenvalue weighted by Crippen LogP contribution is -2.41. The number of carbonyl (C=O) groups excluding carboxylic acids is 1. The number of sulfonamides is 1. The number of nitrogens with one attached hydrogen (secondary N) is 1. The molecular formula is C14H22N2O3S. The van der Waals surface area contributed by atoms with Crippen LogP contribution in [0.5, 0.6) is 0 Å². The second-order valence-corrected chi connectivity index (χ2v) is 6.88. The largest absolute Gasteiger partial charge is 0.355 e. The maximum atomic E-state index is 12.0. The minimum absolute atomic E-state index is 0.197. The predicted octanol–water partition coefficient (Wildman–Crippen LogP) is 1.51. The van der Waals surface area contributed by atoms with Crippen LogP contribution in [0.25, 0.3) is 0 Å². The number of likely N-dealkylation sites (N-methyl/N-ethyl adjacent to an activating group) is 1. The van der Waals surface area contributed by atoms with Crippen molar-refractivity contribution < 1.29 is 13.2 Å². The molecule has 20 heavy (non-hydrogen) atoms. The molecule has 0 fully saturated rings. The monoisotopic (exact) mass is 298 g/mol. The second-order valence-electron chi connectivity index (χ2n) is 4.97. The lowest BCUT2D eigenvalue weighted by atomic mass is 10.1. The molecule has 6 heteroatoms. The molecule has 0 aromatic heterocycles. The van der Waals surface area contributed by atoms with E-state index in [1.165, 1.54) is 4.31 Å². The van der Waals surface area contributed by atoms with E-state index in [2.05, 4.69) is 5.32 Å². The third kappa shape index (κ3) is 3.96. The summed E-state index contributed by atoms with van der Waals surface area (Å²) in [6.07, 6.45) is 1.12. The summed E-state index contributed by atoms with van der Waals surface area (Å²) in [6, 6.07) is 3.83. The minimum atomic E-state index is -3.52. The molecule has 0 unspecified atom stereocenters. The van der Waals surface area contributed by atoms with Gasteiger partial charge in [0.05, 0.1) is 11.9 Å². The molecule has 0 aliphatic carbocycles. The zero-order valence-electron chi connectivity index (χ0n) is 12.6. The van der Waals surface area contributed by atoms with Crippen molar-refractivity contribution in [1.82, 2.24) is 5.32 Å². The summed E-state index contributed by atoms with van der Waals surface area (Å²) in [5.41, 5.74) is 3.34. The highest BCUT2D eigenvalue weighted by atomic mass is 32.2. The van der Waals surface area contributed by atoms with Gasteiger partial charge in [-0.2, -0.15) is 0 Å². The van der Waals surface area contributed by atoms with Gasteiger partial charge < -0.3 is 5.32 Å². The summed E-state index contributed by atoms with van der Waals surface area (Å²) in [4.78, 5) is 11.7. The van der Waals surface area contributed by atoms with Crippen molar-refractivity contribution >= 4 is 21.6 Å². The molecule has 1 amide bonds. The van der Waals surface area contributed by atoms with Crippen LogP contribution in [0.4, 0.5) is 5.69 Å². The number of carbonyl (C=O) groups is 1. The van der Waals surface area contributed by atoms with Gasteiger partial charge in [-0.3, -0.25) is 9.10 Å². The van der Waals surface area contributed by atoms with Gasteiger partial charge in [0, 0.05) is 6.54 Å². The van der Waals surface area contributed by atoms with Crippen molar-refractivity contribution in [3.05, 3.63) is 28.8 Å². The fourth-order valence-electron chi connectivity index (χ4n) is 2.31. The smallest absolute Gasteiger partial charge is 0.240 e. The Hall–Kier alpha value is -1.56. The Labute approximate surface area is 121 Å². The summed E-state index contributed by atoms with van der Waals surface area (Å²) in [6.45, 7) is 7.74. The highest BCUT2D eigenvalue weighted by molar-refractivity contribution is 7.92. The Morgan fingerprint density at radius 3 is 2.10 bits per heavy atom. The average Bonchev–Trinajstić information content (AvgIpc) is 2.25. The van der Waals surface area contributed by atoms with Gasteiger partial charge in [0.1, 0.15) is 6.54 Å². The number of nitrogens with zero attached hydrogens (tertiary/aromatic N) is 1. The van der Waals surface area contributed by atoms with E-state index in [0.717, 1.165) is 22.9 Å². The topological polar surface area (TPSA) is 66.5 Å². The van der Waals surface area contributed by atoms with Crippen LogP contribution in [0.1, 0.15) is 23.6 Å². The molecule has 112 valence electrons. The van der Waals surface area contributed by atoms with E-state index < -0.39 is 10.0 Å². The summed E-state index contributed by atoms with van der Waals surface area (Å²) >= 11 is 0. The zero-order valence-corrected chi connectivity index (χ0v) is 13.5. The average molecular weight is 298 g/mol. The highest BCUT2D eigenvalue weighted by Gasteiger charge is 2.23. The minimum Gasteiger partial charge on any atom is -0.355 e.